The number of carbonyl (C=O) groups is 1. The van der Waals surface area contributed by atoms with E-state index in [2.05, 4.69) is 10.3 Å². The standard InChI is InChI=1S/C27H25F2N3O2S/c1-15-23(26(33)31-25(17-6-3-7-17)18-8-4-9-19(28)12-18)21-10-5-11-22(29)24(21)27(34)32(15)13-20-14-35-16(2)30-20/h4-5,8-12,14,17,25H,3,6-7,13H2,1-2H3,(H,31,33)/t25-/m0/s1. The van der Waals surface area contributed by atoms with Gasteiger partial charge in [-0.2, -0.15) is 0 Å². The number of aryl methyl sites for hydroxylation is 1. The predicted molar refractivity (Wildman–Crippen MR) is 133 cm³/mol. The monoisotopic (exact) mass is 493 g/mol. The Morgan fingerprint density at radius 2 is 1.97 bits per heavy atom. The van der Waals surface area contributed by atoms with Crippen LogP contribution in [0.5, 0.6) is 0 Å². The molecule has 0 aliphatic heterocycles. The van der Waals surface area contributed by atoms with E-state index >= 15 is 0 Å². The molecule has 1 fully saturated rings. The van der Waals surface area contributed by atoms with Crippen molar-refractivity contribution in [3.8, 4) is 0 Å². The molecule has 0 unspecified atom stereocenters. The molecule has 4 aromatic rings. The Hall–Kier alpha value is -3.39. The molecule has 0 spiro atoms. The van der Waals surface area contributed by atoms with Crippen LogP contribution in [-0.4, -0.2) is 15.5 Å². The zero-order valence-corrected chi connectivity index (χ0v) is 20.3. The van der Waals surface area contributed by atoms with E-state index < -0.39 is 17.3 Å². The van der Waals surface area contributed by atoms with Crippen molar-refractivity contribution in [2.24, 2.45) is 5.92 Å². The van der Waals surface area contributed by atoms with Crippen LogP contribution in [-0.2, 0) is 6.54 Å². The van der Waals surface area contributed by atoms with Gasteiger partial charge in [-0.25, -0.2) is 13.8 Å². The molecule has 2 heterocycles. The normalized spacial score (nSPS) is 14.6. The lowest BCUT2D eigenvalue weighted by Gasteiger charge is -2.35. The van der Waals surface area contributed by atoms with E-state index in [-0.39, 0.29) is 40.7 Å². The molecule has 5 rings (SSSR count). The Bertz CT molecular complexity index is 1490. The van der Waals surface area contributed by atoms with Gasteiger partial charge in [-0.15, -0.1) is 11.3 Å². The molecule has 1 atom stereocenters. The number of hydrogen-bond acceptors (Lipinski definition) is 4. The van der Waals surface area contributed by atoms with Crippen LogP contribution in [0.1, 0.15) is 57.6 Å². The number of amides is 1. The van der Waals surface area contributed by atoms with Gasteiger partial charge in [0, 0.05) is 16.5 Å². The van der Waals surface area contributed by atoms with Crippen LogP contribution < -0.4 is 10.9 Å². The molecular weight excluding hydrogens is 468 g/mol. The summed E-state index contributed by atoms with van der Waals surface area (Å²) in [5.41, 5.74) is 1.54. The van der Waals surface area contributed by atoms with Crippen LogP contribution in [0, 0.1) is 31.4 Å². The molecule has 35 heavy (non-hydrogen) atoms. The number of nitrogens with one attached hydrogen (secondary N) is 1. The van der Waals surface area contributed by atoms with E-state index in [4.69, 9.17) is 0 Å². The molecule has 0 bridgehead atoms. The summed E-state index contributed by atoms with van der Waals surface area (Å²) in [5, 5.41) is 5.94. The second-order valence-electron chi connectivity index (χ2n) is 9.07. The number of aromatic nitrogens is 2. The molecule has 1 saturated carbocycles. The smallest absolute Gasteiger partial charge is 0.262 e. The summed E-state index contributed by atoms with van der Waals surface area (Å²) in [7, 11) is 0. The fraction of sp³-hybridized carbons (Fsp3) is 0.296. The van der Waals surface area contributed by atoms with Crippen LogP contribution in [0.2, 0.25) is 0 Å². The number of rotatable bonds is 6. The van der Waals surface area contributed by atoms with Crippen molar-refractivity contribution in [2.75, 3.05) is 0 Å². The van der Waals surface area contributed by atoms with Crippen molar-refractivity contribution in [3.05, 3.63) is 97.4 Å². The molecule has 1 amide bonds. The van der Waals surface area contributed by atoms with Gasteiger partial charge in [0.15, 0.2) is 0 Å². The Morgan fingerprint density at radius 1 is 1.20 bits per heavy atom. The Kier molecular flexibility index (Phi) is 6.23. The minimum absolute atomic E-state index is 0.124. The first kappa shape index (κ1) is 23.4. The topological polar surface area (TPSA) is 64.0 Å². The number of fused-ring (bicyclic) bond motifs is 1. The fourth-order valence-corrected chi connectivity index (χ4v) is 5.45. The summed E-state index contributed by atoms with van der Waals surface area (Å²) in [6.07, 6.45) is 2.91. The highest BCUT2D eigenvalue weighted by Crippen LogP contribution is 2.38. The quantitative estimate of drug-likeness (QED) is 0.376. The minimum Gasteiger partial charge on any atom is -0.345 e. The summed E-state index contributed by atoms with van der Waals surface area (Å²) >= 11 is 1.46. The molecular formula is C27H25F2N3O2S. The Labute approximate surface area is 205 Å². The van der Waals surface area contributed by atoms with Gasteiger partial charge in [0.25, 0.3) is 11.5 Å². The number of halogens is 2. The Balaban J connectivity index is 1.62. The summed E-state index contributed by atoms with van der Waals surface area (Å²) in [6, 6.07) is 10.2. The number of hydrogen-bond donors (Lipinski definition) is 1. The number of nitrogens with zero attached hydrogens (tertiary/aromatic N) is 2. The summed E-state index contributed by atoms with van der Waals surface area (Å²) < 4.78 is 30.3. The van der Waals surface area contributed by atoms with Crippen LogP contribution in [0.15, 0.2) is 52.6 Å². The van der Waals surface area contributed by atoms with Crippen molar-refractivity contribution in [3.63, 3.8) is 0 Å². The van der Waals surface area contributed by atoms with Crippen LogP contribution in [0.25, 0.3) is 10.8 Å². The zero-order valence-electron chi connectivity index (χ0n) is 19.5. The first-order chi connectivity index (χ1) is 16.8. The molecule has 1 N–H and O–H groups in total. The van der Waals surface area contributed by atoms with Crippen molar-refractivity contribution in [2.45, 2.75) is 45.7 Å². The number of benzene rings is 2. The molecule has 1 aliphatic carbocycles. The third kappa shape index (κ3) is 4.38. The van der Waals surface area contributed by atoms with Crippen LogP contribution in [0.4, 0.5) is 8.78 Å². The zero-order chi connectivity index (χ0) is 24.7. The van der Waals surface area contributed by atoms with E-state index in [0.717, 1.165) is 24.3 Å². The molecule has 1 aliphatic rings. The molecule has 2 aromatic heterocycles. The molecule has 0 radical (unpaired) electrons. The van der Waals surface area contributed by atoms with E-state index in [1.807, 2.05) is 18.4 Å². The number of carbonyl (C=O) groups excluding carboxylic acids is 1. The first-order valence-electron chi connectivity index (χ1n) is 11.6. The first-order valence-corrected chi connectivity index (χ1v) is 12.5. The van der Waals surface area contributed by atoms with Crippen LogP contribution in [0.3, 0.4) is 0 Å². The van der Waals surface area contributed by atoms with Crippen molar-refractivity contribution in [1.29, 1.82) is 0 Å². The highest BCUT2D eigenvalue weighted by atomic mass is 32.1. The van der Waals surface area contributed by atoms with Crippen molar-refractivity contribution in [1.82, 2.24) is 14.9 Å². The highest BCUT2D eigenvalue weighted by Gasteiger charge is 2.32. The third-order valence-electron chi connectivity index (χ3n) is 6.84. The average molecular weight is 494 g/mol. The maximum atomic E-state index is 14.9. The van der Waals surface area contributed by atoms with Gasteiger partial charge in [-0.3, -0.25) is 9.59 Å². The predicted octanol–water partition coefficient (Wildman–Crippen LogP) is 5.67. The van der Waals surface area contributed by atoms with E-state index in [1.54, 1.807) is 19.1 Å². The van der Waals surface area contributed by atoms with E-state index in [1.165, 1.54) is 40.2 Å². The van der Waals surface area contributed by atoms with Crippen molar-refractivity contribution < 1.29 is 13.6 Å². The van der Waals surface area contributed by atoms with Gasteiger partial charge in [-0.1, -0.05) is 30.7 Å². The van der Waals surface area contributed by atoms with Crippen molar-refractivity contribution >= 4 is 28.0 Å². The van der Waals surface area contributed by atoms with E-state index in [0.29, 0.717) is 17.0 Å². The molecule has 5 nitrogen and oxygen atoms in total. The summed E-state index contributed by atoms with van der Waals surface area (Å²) in [5.74, 6) is -1.27. The SMILES string of the molecule is Cc1nc(Cn2c(C)c(C(=O)N[C@H](c3cccc(F)c3)C3CCC3)c3cccc(F)c3c2=O)cs1. The van der Waals surface area contributed by atoms with Gasteiger partial charge in [0.05, 0.1) is 34.2 Å². The van der Waals surface area contributed by atoms with Crippen LogP contribution >= 0.6 is 11.3 Å². The second-order valence-corrected chi connectivity index (χ2v) is 10.1. The lowest BCUT2D eigenvalue weighted by Crippen LogP contribution is -2.38. The third-order valence-corrected chi connectivity index (χ3v) is 7.66. The molecule has 2 aromatic carbocycles. The number of thiazole rings is 1. The maximum Gasteiger partial charge on any atom is 0.262 e. The van der Waals surface area contributed by atoms with Gasteiger partial charge >= 0.3 is 0 Å². The van der Waals surface area contributed by atoms with Gasteiger partial charge in [0.1, 0.15) is 11.6 Å². The summed E-state index contributed by atoms with van der Waals surface area (Å²) in [4.78, 5) is 31.5. The molecule has 0 saturated heterocycles. The Morgan fingerprint density at radius 3 is 2.63 bits per heavy atom. The number of pyridine rings is 1. The maximum absolute atomic E-state index is 14.9. The highest BCUT2D eigenvalue weighted by molar-refractivity contribution is 7.09. The fourth-order valence-electron chi connectivity index (χ4n) is 4.85. The van der Waals surface area contributed by atoms with Gasteiger partial charge in [-0.05, 0) is 56.4 Å². The van der Waals surface area contributed by atoms with E-state index in [9.17, 15) is 18.4 Å². The minimum atomic E-state index is -0.676. The lowest BCUT2D eigenvalue weighted by molar-refractivity contribution is 0.0900. The molecule has 180 valence electrons. The lowest BCUT2D eigenvalue weighted by atomic mass is 9.77. The summed E-state index contributed by atoms with van der Waals surface area (Å²) in [6.45, 7) is 3.70. The second kappa shape index (κ2) is 9.34. The molecule has 8 heteroatoms. The average Bonchev–Trinajstić information content (AvgIpc) is 3.19. The largest absolute Gasteiger partial charge is 0.345 e. The van der Waals surface area contributed by atoms with Gasteiger partial charge < -0.3 is 9.88 Å². The van der Waals surface area contributed by atoms with Gasteiger partial charge in [0.2, 0.25) is 0 Å².